The Bertz CT molecular complexity index is 326. The van der Waals surface area contributed by atoms with Gasteiger partial charge < -0.3 is 0 Å². The SMILES string of the molecule is CC/C=C\CCCCCCCC/C=C\CCCC.CCCCCCCCCCOOC. The maximum atomic E-state index is 4.78. The van der Waals surface area contributed by atoms with E-state index in [9.17, 15) is 0 Å². The number of unbranched alkanes of at least 4 members (excludes halogenated alkanes) is 16. The molecule has 2 nitrogen and oxygen atoms in total. The zero-order valence-corrected chi connectivity index (χ0v) is 22.0. The zero-order valence-electron chi connectivity index (χ0n) is 22.0. The van der Waals surface area contributed by atoms with Crippen LogP contribution in [0.15, 0.2) is 24.3 Å². The fourth-order valence-corrected chi connectivity index (χ4v) is 3.45. The Morgan fingerprint density at radius 2 is 0.871 bits per heavy atom. The van der Waals surface area contributed by atoms with E-state index in [1.54, 1.807) is 7.11 Å². The van der Waals surface area contributed by atoms with Gasteiger partial charge in [0.1, 0.15) is 0 Å². The topological polar surface area (TPSA) is 18.5 Å². The first-order chi connectivity index (χ1) is 15.3. The van der Waals surface area contributed by atoms with Crippen molar-refractivity contribution in [1.82, 2.24) is 0 Å². The van der Waals surface area contributed by atoms with Crippen LogP contribution in [0.25, 0.3) is 0 Å². The first-order valence-corrected chi connectivity index (χ1v) is 13.8. The van der Waals surface area contributed by atoms with Crippen LogP contribution in [0.1, 0.15) is 149 Å². The molecule has 0 spiro atoms. The smallest absolute Gasteiger partial charge is 0.0822 e. The lowest BCUT2D eigenvalue weighted by atomic mass is 10.1. The van der Waals surface area contributed by atoms with Crippen LogP contribution in [0, 0.1) is 0 Å². The van der Waals surface area contributed by atoms with Gasteiger partial charge in [-0.3, -0.25) is 0 Å². The van der Waals surface area contributed by atoms with Gasteiger partial charge in [-0.2, -0.15) is 0 Å². The Morgan fingerprint density at radius 1 is 0.452 bits per heavy atom. The highest BCUT2D eigenvalue weighted by molar-refractivity contribution is 4.81. The molecule has 0 aliphatic rings. The molecule has 0 rings (SSSR count). The van der Waals surface area contributed by atoms with Crippen molar-refractivity contribution in [3.8, 4) is 0 Å². The zero-order chi connectivity index (χ0) is 23.1. The van der Waals surface area contributed by atoms with Crippen LogP contribution in [0.2, 0.25) is 0 Å². The molecule has 0 aromatic carbocycles. The predicted molar refractivity (Wildman–Crippen MR) is 141 cm³/mol. The van der Waals surface area contributed by atoms with E-state index in [-0.39, 0.29) is 0 Å². The third kappa shape index (κ3) is 37.1. The molecular formula is C29H58O2. The van der Waals surface area contributed by atoms with Gasteiger partial charge in [0.15, 0.2) is 0 Å². The highest BCUT2D eigenvalue weighted by Gasteiger charge is 1.92. The molecular weight excluding hydrogens is 380 g/mol. The third-order valence-corrected chi connectivity index (χ3v) is 5.48. The number of hydrogen-bond donors (Lipinski definition) is 0. The summed E-state index contributed by atoms with van der Waals surface area (Å²) in [6.45, 7) is 7.45. The van der Waals surface area contributed by atoms with E-state index in [1.807, 2.05) is 0 Å². The van der Waals surface area contributed by atoms with Crippen LogP contribution in [0.4, 0.5) is 0 Å². The Balaban J connectivity index is 0. The molecule has 0 bridgehead atoms. The molecule has 0 aromatic rings. The van der Waals surface area contributed by atoms with Gasteiger partial charge in [-0.15, -0.1) is 0 Å². The summed E-state index contributed by atoms with van der Waals surface area (Å²) in [6, 6.07) is 0. The lowest BCUT2D eigenvalue weighted by molar-refractivity contribution is -0.272. The summed E-state index contributed by atoms with van der Waals surface area (Å²) in [5.41, 5.74) is 0. The fourth-order valence-electron chi connectivity index (χ4n) is 3.45. The summed E-state index contributed by atoms with van der Waals surface area (Å²) in [7, 11) is 1.56. The molecule has 0 unspecified atom stereocenters. The minimum absolute atomic E-state index is 0.742. The maximum Gasteiger partial charge on any atom is 0.0822 e. The van der Waals surface area contributed by atoms with E-state index in [0.29, 0.717) is 0 Å². The summed E-state index contributed by atoms with van der Waals surface area (Å²) in [4.78, 5) is 9.28. The number of hydrogen-bond acceptors (Lipinski definition) is 2. The molecule has 0 aliphatic carbocycles. The Morgan fingerprint density at radius 3 is 1.35 bits per heavy atom. The van der Waals surface area contributed by atoms with Crippen LogP contribution >= 0.6 is 0 Å². The predicted octanol–water partition coefficient (Wildman–Crippen LogP) is 10.5. The molecule has 186 valence electrons. The summed E-state index contributed by atoms with van der Waals surface area (Å²) in [6.07, 6.45) is 36.2. The summed E-state index contributed by atoms with van der Waals surface area (Å²) in [5.74, 6) is 0. The van der Waals surface area contributed by atoms with Gasteiger partial charge in [0.25, 0.3) is 0 Å². The number of allylic oxidation sites excluding steroid dienone is 4. The van der Waals surface area contributed by atoms with Gasteiger partial charge in [-0.1, -0.05) is 129 Å². The lowest BCUT2D eigenvalue weighted by Crippen LogP contribution is -1.92. The molecule has 0 N–H and O–H groups in total. The highest BCUT2D eigenvalue weighted by Crippen LogP contribution is 2.10. The normalized spacial score (nSPS) is 11.4. The van der Waals surface area contributed by atoms with E-state index in [1.165, 1.54) is 122 Å². The van der Waals surface area contributed by atoms with E-state index < -0.39 is 0 Å². The maximum absolute atomic E-state index is 4.78. The van der Waals surface area contributed by atoms with Crippen molar-refractivity contribution in [3.05, 3.63) is 24.3 Å². The second-order valence-corrected chi connectivity index (χ2v) is 8.66. The van der Waals surface area contributed by atoms with E-state index in [2.05, 4.69) is 50.0 Å². The van der Waals surface area contributed by atoms with E-state index in [0.717, 1.165) is 13.0 Å². The van der Waals surface area contributed by atoms with Crippen LogP contribution in [0.3, 0.4) is 0 Å². The molecule has 0 aromatic heterocycles. The molecule has 31 heavy (non-hydrogen) atoms. The standard InChI is InChI=1S/C18H34.C11H24O2/c1-3-5-7-9-11-13-15-17-18-16-14-12-10-8-6-4-2;1-3-4-5-6-7-8-9-10-11-13-12-2/h5,7,10,12H,3-4,6,8-9,11,13-18H2,1-2H3;3-11H2,1-2H3/b7-5-,12-10-;. The van der Waals surface area contributed by atoms with Crippen LogP contribution in [-0.2, 0) is 9.78 Å². The van der Waals surface area contributed by atoms with Crippen molar-refractivity contribution in [2.24, 2.45) is 0 Å². The van der Waals surface area contributed by atoms with Gasteiger partial charge in [0.2, 0.25) is 0 Å². The highest BCUT2D eigenvalue weighted by atomic mass is 17.2. The molecule has 0 aliphatic heterocycles. The number of rotatable bonds is 23. The van der Waals surface area contributed by atoms with E-state index in [4.69, 9.17) is 4.89 Å². The van der Waals surface area contributed by atoms with Crippen molar-refractivity contribution in [2.75, 3.05) is 13.7 Å². The minimum Gasteiger partial charge on any atom is -0.240 e. The van der Waals surface area contributed by atoms with E-state index >= 15 is 0 Å². The monoisotopic (exact) mass is 438 g/mol. The molecule has 2 heteroatoms. The molecule has 0 amide bonds. The lowest BCUT2D eigenvalue weighted by Gasteiger charge is -2.01. The fraction of sp³-hybridized carbons (Fsp3) is 0.862. The largest absolute Gasteiger partial charge is 0.240 e. The van der Waals surface area contributed by atoms with Gasteiger partial charge in [-0.25, -0.2) is 9.78 Å². The summed E-state index contributed by atoms with van der Waals surface area (Å²) < 4.78 is 0. The Labute approximate surface area is 197 Å². The van der Waals surface area contributed by atoms with Gasteiger partial charge in [0, 0.05) is 0 Å². The first kappa shape index (κ1) is 32.6. The second kappa shape index (κ2) is 34.0. The van der Waals surface area contributed by atoms with Crippen molar-refractivity contribution in [1.29, 1.82) is 0 Å². The summed E-state index contributed by atoms with van der Waals surface area (Å²) in [5, 5.41) is 0. The quantitative estimate of drug-likeness (QED) is 0.0683. The second-order valence-electron chi connectivity index (χ2n) is 8.66. The summed E-state index contributed by atoms with van der Waals surface area (Å²) >= 11 is 0. The molecule has 0 heterocycles. The van der Waals surface area contributed by atoms with Crippen molar-refractivity contribution in [2.45, 2.75) is 149 Å². The van der Waals surface area contributed by atoms with Crippen LogP contribution < -0.4 is 0 Å². The van der Waals surface area contributed by atoms with Gasteiger partial charge in [-0.05, 0) is 44.9 Å². The molecule has 0 radical (unpaired) electrons. The average Bonchev–Trinajstić information content (AvgIpc) is 2.79. The van der Waals surface area contributed by atoms with Gasteiger partial charge >= 0.3 is 0 Å². The first-order valence-electron chi connectivity index (χ1n) is 13.8. The molecule has 0 atom stereocenters. The average molecular weight is 439 g/mol. The van der Waals surface area contributed by atoms with Crippen LogP contribution in [-0.4, -0.2) is 13.7 Å². The minimum atomic E-state index is 0.742. The Kier molecular flexibility index (Phi) is 35.8. The molecule has 0 saturated heterocycles. The Hall–Kier alpha value is -0.600. The third-order valence-electron chi connectivity index (χ3n) is 5.48. The van der Waals surface area contributed by atoms with Gasteiger partial charge in [0.05, 0.1) is 13.7 Å². The molecule has 0 saturated carbocycles. The van der Waals surface area contributed by atoms with Crippen LogP contribution in [0.5, 0.6) is 0 Å². The van der Waals surface area contributed by atoms with Crippen molar-refractivity contribution in [3.63, 3.8) is 0 Å². The van der Waals surface area contributed by atoms with Crippen molar-refractivity contribution >= 4 is 0 Å². The van der Waals surface area contributed by atoms with Crippen molar-refractivity contribution < 1.29 is 9.78 Å². The molecule has 0 fully saturated rings.